The van der Waals surface area contributed by atoms with Gasteiger partial charge in [-0.25, -0.2) is 0 Å². The summed E-state index contributed by atoms with van der Waals surface area (Å²) < 4.78 is 0. The van der Waals surface area contributed by atoms with Gasteiger partial charge in [0.25, 0.3) is 0 Å². The van der Waals surface area contributed by atoms with Gasteiger partial charge in [-0.1, -0.05) is 38.1 Å². The Bertz CT molecular complexity index is 476. The number of nitrogens with one attached hydrogen (secondary N) is 2. The summed E-state index contributed by atoms with van der Waals surface area (Å²) in [5, 5.41) is 6.32. The quantitative estimate of drug-likeness (QED) is 0.863. The molecule has 0 spiro atoms. The molecule has 3 heteroatoms. The number of hydrogen-bond acceptors (Lipinski definition) is 2. The first-order valence-electron chi connectivity index (χ1n) is 7.73. The molecule has 1 heterocycles. The summed E-state index contributed by atoms with van der Waals surface area (Å²) in [6.07, 6.45) is 1.01. The van der Waals surface area contributed by atoms with Crippen LogP contribution in [0.25, 0.3) is 0 Å². The molecule has 3 rings (SSSR count). The predicted molar refractivity (Wildman–Crippen MR) is 80.7 cm³/mol. The molecule has 0 aromatic heterocycles. The van der Waals surface area contributed by atoms with Crippen molar-refractivity contribution in [1.29, 1.82) is 0 Å². The average molecular weight is 272 g/mol. The molecule has 1 saturated heterocycles. The van der Waals surface area contributed by atoms with E-state index in [1.165, 1.54) is 11.1 Å². The second kappa shape index (κ2) is 5.57. The standard InChI is InChI=1S/C17H24N2O/c1-11(2)13-3-5-14(6-4-13)15-7-16(15)17(20)19-10-12-8-18-9-12/h3-6,11-12,15-16,18H,7-10H2,1-2H3,(H,19,20). The van der Waals surface area contributed by atoms with Gasteiger partial charge in [0.05, 0.1) is 0 Å². The van der Waals surface area contributed by atoms with E-state index in [-0.39, 0.29) is 11.8 Å². The third-order valence-electron chi connectivity index (χ3n) is 4.59. The maximum absolute atomic E-state index is 12.1. The Kier molecular flexibility index (Phi) is 3.79. The zero-order valence-electron chi connectivity index (χ0n) is 12.4. The normalized spacial score (nSPS) is 25.4. The van der Waals surface area contributed by atoms with Gasteiger partial charge in [-0.15, -0.1) is 0 Å². The minimum Gasteiger partial charge on any atom is -0.355 e. The fourth-order valence-electron chi connectivity index (χ4n) is 2.85. The van der Waals surface area contributed by atoms with E-state index < -0.39 is 0 Å². The van der Waals surface area contributed by atoms with Crippen LogP contribution in [0.15, 0.2) is 24.3 Å². The van der Waals surface area contributed by atoms with Crippen molar-refractivity contribution in [3.63, 3.8) is 0 Å². The maximum atomic E-state index is 12.1. The molecule has 0 bridgehead atoms. The highest BCUT2D eigenvalue weighted by molar-refractivity contribution is 5.82. The van der Waals surface area contributed by atoms with E-state index in [9.17, 15) is 4.79 Å². The van der Waals surface area contributed by atoms with E-state index >= 15 is 0 Å². The molecule has 2 N–H and O–H groups in total. The monoisotopic (exact) mass is 272 g/mol. The first-order valence-corrected chi connectivity index (χ1v) is 7.73. The number of hydrogen-bond donors (Lipinski definition) is 2. The van der Waals surface area contributed by atoms with Crippen LogP contribution >= 0.6 is 0 Å². The molecule has 1 aliphatic heterocycles. The van der Waals surface area contributed by atoms with Crippen molar-refractivity contribution in [2.75, 3.05) is 19.6 Å². The third-order valence-corrected chi connectivity index (χ3v) is 4.59. The van der Waals surface area contributed by atoms with E-state index in [4.69, 9.17) is 0 Å². The first kappa shape index (κ1) is 13.6. The molecule has 1 aromatic rings. The van der Waals surface area contributed by atoms with Crippen molar-refractivity contribution >= 4 is 5.91 Å². The summed E-state index contributed by atoms with van der Waals surface area (Å²) in [4.78, 5) is 12.1. The predicted octanol–water partition coefficient (Wildman–Crippen LogP) is 2.25. The fraction of sp³-hybridized carbons (Fsp3) is 0.588. The Hall–Kier alpha value is -1.35. The minimum atomic E-state index is 0.202. The largest absolute Gasteiger partial charge is 0.355 e. The van der Waals surface area contributed by atoms with Crippen molar-refractivity contribution < 1.29 is 4.79 Å². The van der Waals surface area contributed by atoms with Crippen molar-refractivity contribution in [2.45, 2.75) is 32.1 Å². The van der Waals surface area contributed by atoms with Gasteiger partial charge in [0.2, 0.25) is 5.91 Å². The number of carbonyl (C=O) groups excluding carboxylic acids is 1. The molecule has 3 nitrogen and oxygen atoms in total. The van der Waals surface area contributed by atoms with Crippen molar-refractivity contribution in [3.8, 4) is 0 Å². The van der Waals surface area contributed by atoms with Gasteiger partial charge in [-0.2, -0.15) is 0 Å². The van der Waals surface area contributed by atoms with E-state index in [1.807, 2.05) is 0 Å². The molecule has 1 aliphatic carbocycles. The van der Waals surface area contributed by atoms with Crippen molar-refractivity contribution in [2.24, 2.45) is 11.8 Å². The number of carbonyl (C=O) groups is 1. The Labute approximate surface area is 121 Å². The smallest absolute Gasteiger partial charge is 0.223 e. The summed E-state index contributed by atoms with van der Waals surface area (Å²) in [5.41, 5.74) is 2.69. The van der Waals surface area contributed by atoms with E-state index in [2.05, 4.69) is 48.7 Å². The maximum Gasteiger partial charge on any atom is 0.223 e. The highest BCUT2D eigenvalue weighted by atomic mass is 16.2. The highest BCUT2D eigenvalue weighted by Gasteiger charge is 2.43. The Balaban J connectivity index is 1.51. The van der Waals surface area contributed by atoms with Gasteiger partial charge in [-0.05, 0) is 29.4 Å². The van der Waals surface area contributed by atoms with Crippen LogP contribution in [0.3, 0.4) is 0 Å². The zero-order valence-corrected chi connectivity index (χ0v) is 12.4. The van der Waals surface area contributed by atoms with Gasteiger partial charge in [0, 0.05) is 31.5 Å². The first-order chi connectivity index (χ1) is 9.65. The van der Waals surface area contributed by atoms with Crippen LogP contribution < -0.4 is 10.6 Å². The molecule has 20 heavy (non-hydrogen) atoms. The van der Waals surface area contributed by atoms with Gasteiger partial charge >= 0.3 is 0 Å². The van der Waals surface area contributed by atoms with Gasteiger partial charge in [0.1, 0.15) is 0 Å². The molecule has 2 atom stereocenters. The van der Waals surface area contributed by atoms with Gasteiger partial charge < -0.3 is 10.6 Å². The lowest BCUT2D eigenvalue weighted by atomic mass is 10.00. The average Bonchev–Trinajstić information content (AvgIpc) is 3.17. The minimum absolute atomic E-state index is 0.202. The summed E-state index contributed by atoms with van der Waals surface area (Å²) in [6.45, 7) is 7.34. The Morgan fingerprint density at radius 3 is 2.55 bits per heavy atom. The molecule has 0 radical (unpaired) electrons. The Morgan fingerprint density at radius 2 is 2.00 bits per heavy atom. The topological polar surface area (TPSA) is 41.1 Å². The number of rotatable bonds is 5. The van der Waals surface area contributed by atoms with Crippen molar-refractivity contribution in [3.05, 3.63) is 35.4 Å². The molecule has 1 saturated carbocycles. The summed E-state index contributed by atoms with van der Waals surface area (Å²) in [6, 6.07) is 8.80. The van der Waals surface area contributed by atoms with E-state index in [0.717, 1.165) is 26.1 Å². The van der Waals surface area contributed by atoms with Crippen LogP contribution in [0.5, 0.6) is 0 Å². The van der Waals surface area contributed by atoms with Crippen LogP contribution in [0.2, 0.25) is 0 Å². The Morgan fingerprint density at radius 1 is 1.30 bits per heavy atom. The molecule has 1 aromatic carbocycles. The molecule has 2 fully saturated rings. The summed E-state index contributed by atoms with van der Waals surface area (Å²) >= 11 is 0. The molecule has 2 unspecified atom stereocenters. The van der Waals surface area contributed by atoms with Crippen molar-refractivity contribution in [1.82, 2.24) is 10.6 Å². The molecule has 2 aliphatic rings. The fourth-order valence-corrected chi connectivity index (χ4v) is 2.85. The van der Waals surface area contributed by atoms with E-state index in [1.54, 1.807) is 0 Å². The van der Waals surface area contributed by atoms with Crippen LogP contribution in [-0.4, -0.2) is 25.5 Å². The molecule has 108 valence electrons. The second-order valence-electron chi connectivity index (χ2n) is 6.54. The summed E-state index contributed by atoms with van der Waals surface area (Å²) in [7, 11) is 0. The second-order valence-corrected chi connectivity index (χ2v) is 6.54. The SMILES string of the molecule is CC(C)c1ccc(C2CC2C(=O)NCC2CNC2)cc1. The summed E-state index contributed by atoms with van der Waals surface area (Å²) in [5.74, 6) is 2.10. The lowest BCUT2D eigenvalue weighted by Gasteiger charge is -2.27. The molecule has 1 amide bonds. The highest BCUT2D eigenvalue weighted by Crippen LogP contribution is 2.47. The zero-order chi connectivity index (χ0) is 14.1. The van der Waals surface area contributed by atoms with Crippen LogP contribution in [0.1, 0.15) is 43.2 Å². The van der Waals surface area contributed by atoms with Crippen LogP contribution in [0, 0.1) is 11.8 Å². The van der Waals surface area contributed by atoms with Crippen LogP contribution in [0.4, 0.5) is 0 Å². The number of amides is 1. The molecular formula is C17H24N2O. The lowest BCUT2D eigenvalue weighted by Crippen LogP contribution is -2.48. The third kappa shape index (κ3) is 2.88. The van der Waals surface area contributed by atoms with Gasteiger partial charge in [-0.3, -0.25) is 4.79 Å². The molecular weight excluding hydrogens is 248 g/mol. The van der Waals surface area contributed by atoms with E-state index in [0.29, 0.717) is 17.8 Å². The van der Waals surface area contributed by atoms with Crippen LogP contribution in [-0.2, 0) is 4.79 Å². The lowest BCUT2D eigenvalue weighted by molar-refractivity contribution is -0.122. The number of benzene rings is 1. The van der Waals surface area contributed by atoms with Gasteiger partial charge in [0.15, 0.2) is 0 Å².